The molecule has 1 saturated heterocycles. The van der Waals surface area contributed by atoms with E-state index in [1.165, 1.54) is 11.1 Å². The number of amides is 1. The minimum Gasteiger partial charge on any atom is -0.394 e. The van der Waals surface area contributed by atoms with Crippen molar-refractivity contribution < 1.29 is 34.2 Å². The van der Waals surface area contributed by atoms with Gasteiger partial charge in [0, 0.05) is 59.0 Å². The largest absolute Gasteiger partial charge is 0.394 e. The molecular weight excluding hydrogens is 719 g/mol. The number of nitrogens with one attached hydrogen (secondary N) is 2. The molecule has 8 bridgehead atoms. The summed E-state index contributed by atoms with van der Waals surface area (Å²) in [5.74, 6) is -0.000834. The van der Waals surface area contributed by atoms with Crippen molar-refractivity contribution in [3.63, 3.8) is 0 Å². The second kappa shape index (κ2) is 16.5. The Labute approximate surface area is 324 Å². The average molecular weight is 772 g/mol. The van der Waals surface area contributed by atoms with E-state index >= 15 is 0 Å². The van der Waals surface area contributed by atoms with E-state index in [9.17, 15) is 29.4 Å². The smallest absolute Gasteiger partial charge is 0.222 e. The van der Waals surface area contributed by atoms with Gasteiger partial charge in [0.15, 0.2) is 5.44 Å². The standard InChI is InChI=1S/C42H53N5O7S/c1-9-26-23(5)32-19-35-27(10-2)22(4)31(44-35)18-33-24(6)28(38(46-33)25(7)30-16-21(3)29(43-30)17-34(26)45-32)12-13-37(49)47(8)14-11-15-55(53)42-41(52)40(51)39(50)36(20-48)54-42/h10,16-19,36,39-42,44-45,48,50-52H,2,9,11-15,20H2,1,3-8H3/t36-,39-,40+,41-,42+,55?/m1/s1. The summed E-state index contributed by atoms with van der Waals surface area (Å²) in [6.45, 7) is 16.4. The Bertz CT molecular complexity index is 2270. The molecule has 55 heavy (non-hydrogen) atoms. The van der Waals surface area contributed by atoms with Gasteiger partial charge in [0.1, 0.15) is 24.4 Å². The Kier molecular flexibility index (Phi) is 12.1. The number of aliphatic hydroxyl groups is 4. The molecule has 6 atom stereocenters. The van der Waals surface area contributed by atoms with Crippen molar-refractivity contribution in [3.05, 3.63) is 75.4 Å². The lowest BCUT2D eigenvalue weighted by atomic mass is 9.98. The van der Waals surface area contributed by atoms with Gasteiger partial charge in [-0.3, -0.25) is 9.00 Å². The van der Waals surface area contributed by atoms with Gasteiger partial charge in [-0.25, -0.2) is 9.97 Å². The highest BCUT2D eigenvalue weighted by Gasteiger charge is 2.45. The summed E-state index contributed by atoms with van der Waals surface area (Å²) in [5, 5.41) is 40.0. The van der Waals surface area contributed by atoms with Crippen LogP contribution in [-0.4, -0.2) is 111 Å². The van der Waals surface area contributed by atoms with Crippen LogP contribution in [0.1, 0.15) is 90.6 Å². The number of nitrogens with zero attached hydrogens (tertiary/aromatic N) is 3. The van der Waals surface area contributed by atoms with E-state index in [1.807, 2.05) is 19.9 Å². The first kappa shape index (κ1) is 40.4. The van der Waals surface area contributed by atoms with Gasteiger partial charge in [-0.2, -0.15) is 0 Å². The van der Waals surface area contributed by atoms with Crippen molar-refractivity contribution in [1.82, 2.24) is 24.8 Å². The fraction of sp³-hybridized carbons (Fsp3) is 0.452. The molecule has 1 unspecified atom stereocenters. The SMILES string of the molecule is C=Cc1c(C)c2cc3nc(c(C)c4nc(cc5[nH]c(cc1[nH]2)c(C)c5CC)C(C)=C4)C(CCC(=O)N(C)CCCS(=O)[C@@H]1O[C@H](CO)[C@@H](O)[C@H](O)[C@H]1O)=C3C. The summed E-state index contributed by atoms with van der Waals surface area (Å²) in [6, 6.07) is 6.33. The molecule has 0 spiro atoms. The van der Waals surface area contributed by atoms with Crippen LogP contribution in [0.4, 0.5) is 0 Å². The maximum atomic E-state index is 13.5. The Morgan fingerprint density at radius 3 is 2.33 bits per heavy atom. The van der Waals surface area contributed by atoms with Crippen LogP contribution in [0.2, 0.25) is 0 Å². The number of aliphatic hydroxyl groups excluding tert-OH is 4. The molecule has 13 heteroatoms. The Hall–Kier alpha value is -4.24. The molecule has 294 valence electrons. The molecule has 3 aromatic heterocycles. The number of allylic oxidation sites excluding steroid dienone is 3. The van der Waals surface area contributed by atoms with Crippen molar-refractivity contribution in [3.8, 4) is 0 Å². The van der Waals surface area contributed by atoms with Gasteiger partial charge in [-0.05, 0) is 112 Å². The summed E-state index contributed by atoms with van der Waals surface area (Å²) < 4.78 is 18.4. The third-order valence-electron chi connectivity index (χ3n) is 11.3. The maximum Gasteiger partial charge on any atom is 0.222 e. The molecule has 12 nitrogen and oxygen atoms in total. The van der Waals surface area contributed by atoms with Crippen LogP contribution in [0.3, 0.4) is 0 Å². The summed E-state index contributed by atoms with van der Waals surface area (Å²) in [5.41, 5.74) is 14.5. The second-order valence-corrected chi connectivity index (χ2v) is 16.4. The van der Waals surface area contributed by atoms with E-state index in [4.69, 9.17) is 14.7 Å². The summed E-state index contributed by atoms with van der Waals surface area (Å²) in [7, 11) is -0.0401. The minimum atomic E-state index is -1.74. The van der Waals surface area contributed by atoms with Gasteiger partial charge in [-0.1, -0.05) is 19.6 Å². The molecule has 6 N–H and O–H groups in total. The fourth-order valence-corrected chi connectivity index (χ4v) is 9.12. The normalized spacial score (nSPS) is 21.8. The number of fused-ring (bicyclic) bond motifs is 8. The molecular formula is C42H53N5O7S. The van der Waals surface area contributed by atoms with Crippen LogP contribution < -0.4 is 0 Å². The highest BCUT2D eigenvalue weighted by atomic mass is 32.2. The third kappa shape index (κ3) is 7.78. The Morgan fingerprint density at radius 1 is 0.945 bits per heavy atom. The average Bonchev–Trinajstić information content (AvgIpc) is 3.87. The highest BCUT2D eigenvalue weighted by Crippen LogP contribution is 2.37. The number of rotatable bonds is 11. The number of aromatic amines is 2. The van der Waals surface area contributed by atoms with Crippen LogP contribution >= 0.6 is 0 Å². The zero-order valence-electron chi connectivity index (χ0n) is 32.7. The summed E-state index contributed by atoms with van der Waals surface area (Å²) in [4.78, 5) is 32.7. The molecule has 3 aliphatic rings. The van der Waals surface area contributed by atoms with Gasteiger partial charge >= 0.3 is 0 Å². The Morgan fingerprint density at radius 2 is 1.64 bits per heavy atom. The molecule has 3 aromatic rings. The number of carbonyl (C=O) groups excluding carboxylic acids is 1. The quantitative estimate of drug-likeness (QED) is 0.154. The van der Waals surface area contributed by atoms with Gasteiger partial charge < -0.3 is 40.0 Å². The molecule has 1 amide bonds. The molecule has 6 rings (SSSR count). The first-order chi connectivity index (χ1) is 26.2. The van der Waals surface area contributed by atoms with E-state index < -0.39 is 47.3 Å². The number of hydrogen-bond donors (Lipinski definition) is 6. The van der Waals surface area contributed by atoms with Gasteiger partial charge in [0.25, 0.3) is 0 Å². The third-order valence-corrected chi connectivity index (χ3v) is 12.9. The molecule has 0 saturated carbocycles. The van der Waals surface area contributed by atoms with Gasteiger partial charge in [0.05, 0.1) is 40.2 Å². The number of aromatic nitrogens is 4. The van der Waals surface area contributed by atoms with Crippen molar-refractivity contribution in [2.45, 2.75) is 97.1 Å². The van der Waals surface area contributed by atoms with E-state index in [0.717, 1.165) is 84.7 Å². The molecule has 0 aromatic carbocycles. The topological polar surface area (TPSA) is 185 Å². The van der Waals surface area contributed by atoms with E-state index in [2.05, 4.69) is 68.5 Å². The number of hydrogen-bond acceptors (Lipinski definition) is 9. The van der Waals surface area contributed by atoms with E-state index in [1.54, 1.807) is 11.9 Å². The Balaban J connectivity index is 1.30. The van der Waals surface area contributed by atoms with E-state index in [-0.39, 0.29) is 18.1 Å². The number of ether oxygens (including phenoxy) is 1. The lowest BCUT2D eigenvalue weighted by Crippen LogP contribution is -2.59. The van der Waals surface area contributed by atoms with Crippen molar-refractivity contribution in [2.75, 3.05) is 26.0 Å². The van der Waals surface area contributed by atoms with Gasteiger partial charge in [0.2, 0.25) is 5.91 Å². The van der Waals surface area contributed by atoms with Crippen LogP contribution in [0.15, 0.2) is 24.8 Å². The number of aryl methyl sites for hydroxylation is 3. The zero-order valence-corrected chi connectivity index (χ0v) is 33.5. The predicted molar refractivity (Wildman–Crippen MR) is 219 cm³/mol. The molecule has 6 heterocycles. The monoisotopic (exact) mass is 771 g/mol. The molecule has 0 aliphatic carbocycles. The molecule has 3 aliphatic heterocycles. The van der Waals surface area contributed by atoms with Crippen LogP contribution in [0.5, 0.6) is 0 Å². The first-order valence-corrected chi connectivity index (χ1v) is 20.2. The summed E-state index contributed by atoms with van der Waals surface area (Å²) in [6.07, 6.45) is 0.0556. The van der Waals surface area contributed by atoms with Gasteiger partial charge in [-0.15, -0.1) is 0 Å². The predicted octanol–water partition coefficient (Wildman–Crippen LogP) is 5.11. The second-order valence-electron chi connectivity index (χ2n) is 14.8. The lowest BCUT2D eigenvalue weighted by molar-refractivity contribution is -0.206. The highest BCUT2D eigenvalue weighted by molar-refractivity contribution is 7.85. The van der Waals surface area contributed by atoms with Crippen LogP contribution in [0.25, 0.3) is 50.9 Å². The number of carbonyl (C=O) groups is 1. The zero-order chi connectivity index (χ0) is 39.9. The molecule has 0 radical (unpaired) electrons. The maximum absolute atomic E-state index is 13.5. The van der Waals surface area contributed by atoms with Crippen molar-refractivity contribution in [2.24, 2.45) is 0 Å². The summed E-state index contributed by atoms with van der Waals surface area (Å²) >= 11 is 0. The fourth-order valence-electron chi connectivity index (χ4n) is 7.74. The molecule has 1 fully saturated rings. The van der Waals surface area contributed by atoms with Crippen molar-refractivity contribution >= 4 is 67.6 Å². The van der Waals surface area contributed by atoms with Crippen LogP contribution in [0, 0.1) is 20.8 Å². The van der Waals surface area contributed by atoms with Crippen LogP contribution in [-0.2, 0) is 26.8 Å². The minimum absolute atomic E-state index is 0.0880. The van der Waals surface area contributed by atoms with E-state index in [0.29, 0.717) is 19.4 Å². The number of H-pyrrole nitrogens is 2. The lowest BCUT2D eigenvalue weighted by Gasteiger charge is -2.39. The van der Waals surface area contributed by atoms with Crippen molar-refractivity contribution in [1.29, 1.82) is 0 Å². The first-order valence-electron chi connectivity index (χ1n) is 18.9.